The van der Waals surface area contributed by atoms with Crippen LogP contribution in [0.15, 0.2) is 0 Å². The minimum absolute atomic E-state index is 0.0438. The third-order valence-corrected chi connectivity index (χ3v) is 2.48. The van der Waals surface area contributed by atoms with Crippen LogP contribution in [0.2, 0.25) is 0 Å². The summed E-state index contributed by atoms with van der Waals surface area (Å²) in [6.07, 6.45) is 0.367. The van der Waals surface area contributed by atoms with Crippen molar-refractivity contribution < 1.29 is 23.9 Å². The van der Waals surface area contributed by atoms with Crippen molar-refractivity contribution in [3.63, 3.8) is 0 Å². The Morgan fingerprint density at radius 3 is 2.00 bits per heavy atom. The van der Waals surface area contributed by atoms with Gasteiger partial charge in [0.05, 0.1) is 19.3 Å². The van der Waals surface area contributed by atoms with Gasteiger partial charge in [0.15, 0.2) is 0 Å². The van der Waals surface area contributed by atoms with Crippen molar-refractivity contribution in [3.8, 4) is 6.07 Å². The number of ether oxygens (including phenoxy) is 2. The minimum atomic E-state index is -1.88. The number of esters is 2. The van der Waals surface area contributed by atoms with E-state index in [0.29, 0.717) is 0 Å². The molecule has 0 bridgehead atoms. The van der Waals surface area contributed by atoms with Crippen LogP contribution < -0.4 is 5.32 Å². The second-order valence-corrected chi connectivity index (χ2v) is 4.04. The van der Waals surface area contributed by atoms with Gasteiger partial charge in [-0.1, -0.05) is 0 Å². The zero-order valence-electron chi connectivity index (χ0n) is 12.0. The van der Waals surface area contributed by atoms with E-state index in [0.717, 1.165) is 0 Å². The molecular weight excluding hydrogens is 264 g/mol. The lowest BCUT2D eigenvalue weighted by molar-refractivity contribution is -0.168. The Labute approximate surface area is 118 Å². The van der Waals surface area contributed by atoms with Gasteiger partial charge in [-0.25, -0.2) is 9.59 Å². The predicted molar refractivity (Wildman–Crippen MR) is 69.3 cm³/mol. The topological polar surface area (TPSA) is 105 Å². The molecule has 0 saturated carbocycles. The van der Waals surface area contributed by atoms with Gasteiger partial charge in [0.2, 0.25) is 11.4 Å². The Bertz CT molecular complexity index is 382. The molecule has 0 heterocycles. The third-order valence-electron chi connectivity index (χ3n) is 2.48. The van der Waals surface area contributed by atoms with Gasteiger partial charge in [0.1, 0.15) is 0 Å². The average Bonchev–Trinajstić information content (AvgIpc) is 2.37. The summed E-state index contributed by atoms with van der Waals surface area (Å²) >= 11 is 0. The smallest absolute Gasteiger partial charge is 0.343 e. The van der Waals surface area contributed by atoms with Crippen molar-refractivity contribution in [1.82, 2.24) is 5.32 Å². The van der Waals surface area contributed by atoms with Crippen LogP contribution in [0.4, 0.5) is 0 Å². The van der Waals surface area contributed by atoms with Gasteiger partial charge >= 0.3 is 11.9 Å². The van der Waals surface area contributed by atoms with E-state index in [2.05, 4.69) is 5.32 Å². The molecular formula is C13H20N2O5. The van der Waals surface area contributed by atoms with Crippen molar-refractivity contribution in [3.05, 3.63) is 0 Å². The summed E-state index contributed by atoms with van der Waals surface area (Å²) in [6, 6.07) is 1.92. The van der Waals surface area contributed by atoms with E-state index in [4.69, 9.17) is 14.7 Å². The van der Waals surface area contributed by atoms with Crippen molar-refractivity contribution in [1.29, 1.82) is 5.26 Å². The first-order valence-electron chi connectivity index (χ1n) is 6.44. The summed E-state index contributed by atoms with van der Waals surface area (Å²) in [5, 5.41) is 10.9. The van der Waals surface area contributed by atoms with Gasteiger partial charge in [-0.15, -0.1) is 0 Å². The van der Waals surface area contributed by atoms with Gasteiger partial charge in [0.25, 0.3) is 0 Å². The Morgan fingerprint density at radius 1 is 1.15 bits per heavy atom. The number of carbonyl (C=O) groups is 3. The van der Waals surface area contributed by atoms with Crippen molar-refractivity contribution in [2.75, 3.05) is 13.2 Å². The summed E-state index contributed by atoms with van der Waals surface area (Å²) in [7, 11) is 0. The Morgan fingerprint density at radius 2 is 1.65 bits per heavy atom. The number of rotatable bonds is 8. The number of amides is 1. The molecule has 0 aromatic heterocycles. The van der Waals surface area contributed by atoms with Crippen LogP contribution in [-0.4, -0.2) is 36.6 Å². The highest BCUT2D eigenvalue weighted by molar-refractivity contribution is 6.07. The van der Waals surface area contributed by atoms with E-state index in [1.807, 2.05) is 6.07 Å². The van der Waals surface area contributed by atoms with Crippen molar-refractivity contribution in [2.24, 2.45) is 0 Å². The van der Waals surface area contributed by atoms with Gasteiger partial charge in [-0.05, 0) is 26.7 Å². The highest BCUT2D eigenvalue weighted by atomic mass is 16.6. The molecule has 0 aromatic rings. The van der Waals surface area contributed by atoms with Crippen molar-refractivity contribution >= 4 is 17.8 Å². The minimum Gasteiger partial charge on any atom is -0.464 e. The third kappa shape index (κ3) is 4.88. The normalized spacial score (nSPS) is 10.3. The van der Waals surface area contributed by atoms with E-state index in [1.165, 1.54) is 6.92 Å². The fourth-order valence-electron chi connectivity index (χ4n) is 1.69. The second kappa shape index (κ2) is 8.91. The molecule has 0 unspecified atom stereocenters. The molecule has 0 atom stereocenters. The molecule has 0 aliphatic carbocycles. The molecule has 0 radical (unpaired) electrons. The molecule has 1 amide bonds. The maximum Gasteiger partial charge on any atom is 0.343 e. The van der Waals surface area contributed by atoms with Crippen LogP contribution in [0.5, 0.6) is 0 Å². The SMILES string of the molecule is CCOC(=O)C(CCCC#N)(NC(C)=O)C(=O)OCC. The van der Waals surface area contributed by atoms with Gasteiger partial charge in [-0.2, -0.15) is 5.26 Å². The molecule has 0 rings (SSSR count). The lowest BCUT2D eigenvalue weighted by Crippen LogP contribution is -2.61. The second-order valence-electron chi connectivity index (χ2n) is 4.04. The first kappa shape index (κ1) is 17.9. The number of nitrogens with zero attached hydrogens (tertiary/aromatic N) is 1. The molecule has 112 valence electrons. The van der Waals surface area contributed by atoms with Crippen LogP contribution in [0, 0.1) is 11.3 Å². The van der Waals surface area contributed by atoms with Crippen LogP contribution in [0.1, 0.15) is 40.0 Å². The molecule has 1 N–H and O–H groups in total. The predicted octanol–water partition coefficient (Wildman–Crippen LogP) is 0.681. The van der Waals surface area contributed by atoms with Gasteiger partial charge in [0, 0.05) is 13.3 Å². The largest absolute Gasteiger partial charge is 0.464 e. The first-order valence-corrected chi connectivity index (χ1v) is 6.44. The zero-order valence-corrected chi connectivity index (χ0v) is 12.0. The fraction of sp³-hybridized carbons (Fsp3) is 0.692. The molecule has 20 heavy (non-hydrogen) atoms. The highest BCUT2D eigenvalue weighted by Gasteiger charge is 2.49. The molecule has 7 nitrogen and oxygen atoms in total. The number of carbonyl (C=O) groups excluding carboxylic acids is 3. The maximum atomic E-state index is 12.1. The lowest BCUT2D eigenvalue weighted by Gasteiger charge is -2.29. The maximum absolute atomic E-state index is 12.1. The Kier molecular flexibility index (Phi) is 7.97. The molecule has 0 spiro atoms. The number of unbranched alkanes of at least 4 members (excludes halogenated alkanes) is 1. The first-order chi connectivity index (χ1) is 9.44. The number of hydrogen-bond donors (Lipinski definition) is 1. The quantitative estimate of drug-likeness (QED) is 0.399. The van der Waals surface area contributed by atoms with E-state index < -0.39 is 23.4 Å². The summed E-state index contributed by atoms with van der Waals surface area (Å²) in [6.45, 7) is 4.51. The van der Waals surface area contributed by atoms with Crippen LogP contribution in [-0.2, 0) is 23.9 Å². The van der Waals surface area contributed by atoms with Crippen LogP contribution >= 0.6 is 0 Å². The number of nitrogens with one attached hydrogen (secondary N) is 1. The monoisotopic (exact) mass is 284 g/mol. The summed E-state index contributed by atoms with van der Waals surface area (Å²) < 4.78 is 9.74. The molecule has 0 saturated heterocycles. The summed E-state index contributed by atoms with van der Waals surface area (Å²) in [5.74, 6) is -2.29. The molecule has 0 aliphatic heterocycles. The zero-order chi connectivity index (χ0) is 15.6. The fourth-order valence-corrected chi connectivity index (χ4v) is 1.69. The van der Waals surface area contributed by atoms with E-state index in [-0.39, 0.29) is 32.5 Å². The van der Waals surface area contributed by atoms with Crippen molar-refractivity contribution in [2.45, 2.75) is 45.6 Å². The van der Waals surface area contributed by atoms with E-state index in [9.17, 15) is 14.4 Å². The Balaban J connectivity index is 5.37. The van der Waals surface area contributed by atoms with E-state index in [1.54, 1.807) is 13.8 Å². The number of hydrogen-bond acceptors (Lipinski definition) is 6. The molecule has 0 aliphatic rings. The van der Waals surface area contributed by atoms with Gasteiger partial charge in [-0.3, -0.25) is 4.79 Å². The molecule has 0 fully saturated rings. The summed E-state index contributed by atoms with van der Waals surface area (Å²) in [5.41, 5.74) is -1.88. The average molecular weight is 284 g/mol. The number of nitriles is 1. The molecule has 7 heteroatoms. The van der Waals surface area contributed by atoms with E-state index >= 15 is 0 Å². The lowest BCUT2D eigenvalue weighted by atomic mass is 9.92. The van der Waals surface area contributed by atoms with Crippen LogP contribution in [0.25, 0.3) is 0 Å². The highest BCUT2D eigenvalue weighted by Crippen LogP contribution is 2.19. The standard InChI is InChI=1S/C13H20N2O5/c1-4-19-11(17)13(15-10(3)16,8-6-7-9-14)12(18)20-5-2/h4-8H2,1-3H3,(H,15,16). The molecule has 0 aromatic carbocycles. The summed E-state index contributed by atoms with van der Waals surface area (Å²) in [4.78, 5) is 35.5. The van der Waals surface area contributed by atoms with Gasteiger partial charge < -0.3 is 14.8 Å². The van der Waals surface area contributed by atoms with Crippen LogP contribution in [0.3, 0.4) is 0 Å². The Hall–Kier alpha value is -2.10.